The van der Waals surface area contributed by atoms with Gasteiger partial charge < -0.3 is 23.8 Å². The number of piperidine rings is 1. The third-order valence-corrected chi connectivity index (χ3v) is 7.06. The van der Waals surface area contributed by atoms with Gasteiger partial charge in [0.15, 0.2) is 0 Å². The monoisotopic (exact) mass is 534 g/mol. The Morgan fingerprint density at radius 3 is 2.41 bits per heavy atom. The summed E-state index contributed by atoms with van der Waals surface area (Å²) in [5.74, 6) is -0.434. The second kappa shape index (κ2) is 10.6. The fraction of sp³-hybridized carbons (Fsp3) is 0.385. The number of morpholine rings is 1. The first-order valence-corrected chi connectivity index (χ1v) is 12.4. The molecule has 2 aliphatic heterocycles. The summed E-state index contributed by atoms with van der Waals surface area (Å²) in [6.45, 7) is 2.98. The van der Waals surface area contributed by atoms with E-state index in [-0.39, 0.29) is 23.6 Å². The van der Waals surface area contributed by atoms with Crippen molar-refractivity contribution in [1.82, 2.24) is 19.4 Å². The van der Waals surface area contributed by atoms with Gasteiger partial charge in [0.1, 0.15) is 5.75 Å². The maximum absolute atomic E-state index is 13.4. The Hall–Kier alpha value is -3.24. The molecule has 2 unspecified atom stereocenters. The summed E-state index contributed by atoms with van der Waals surface area (Å²) in [5.41, 5.74) is 2.46. The number of imidazole rings is 1. The number of amides is 2. The molecule has 3 heterocycles. The molecule has 7 nitrogen and oxygen atoms in total. The lowest BCUT2D eigenvalue weighted by molar-refractivity contribution is -0.274. The quantitative estimate of drug-likeness (QED) is 0.447. The van der Waals surface area contributed by atoms with Crippen LogP contribution in [-0.4, -0.2) is 71.1 Å². The minimum absolute atomic E-state index is 0.0689. The van der Waals surface area contributed by atoms with E-state index in [1.165, 1.54) is 12.1 Å². The molecule has 2 amide bonds. The Morgan fingerprint density at radius 1 is 1.00 bits per heavy atom. The summed E-state index contributed by atoms with van der Waals surface area (Å²) in [5, 5.41) is 0.596. The maximum Gasteiger partial charge on any atom is 0.573 e. The van der Waals surface area contributed by atoms with Crippen LogP contribution >= 0.6 is 11.6 Å². The Bertz CT molecular complexity index is 1230. The molecule has 0 radical (unpaired) electrons. The molecule has 0 bridgehead atoms. The number of hydrogen-bond acceptors (Lipinski definition) is 4. The zero-order valence-corrected chi connectivity index (χ0v) is 20.7. The number of alkyl halides is 3. The van der Waals surface area contributed by atoms with Crippen LogP contribution in [0, 0.1) is 0 Å². The molecule has 0 spiro atoms. The Balaban J connectivity index is 1.40. The Kier molecular flexibility index (Phi) is 7.30. The Morgan fingerprint density at radius 2 is 1.70 bits per heavy atom. The Labute approximate surface area is 217 Å². The van der Waals surface area contributed by atoms with Gasteiger partial charge in [0.25, 0.3) is 0 Å². The van der Waals surface area contributed by atoms with Crippen molar-refractivity contribution in [2.24, 2.45) is 0 Å². The van der Waals surface area contributed by atoms with Crippen molar-refractivity contribution in [1.29, 1.82) is 0 Å². The lowest BCUT2D eigenvalue weighted by Crippen LogP contribution is -2.52. The molecule has 3 aromatic rings. The van der Waals surface area contributed by atoms with Gasteiger partial charge in [-0.2, -0.15) is 0 Å². The molecular formula is C26H26ClF3N4O3. The number of para-hydroxylation sites is 1. The highest BCUT2D eigenvalue weighted by Crippen LogP contribution is 2.37. The number of urea groups is 1. The van der Waals surface area contributed by atoms with E-state index in [1.54, 1.807) is 23.4 Å². The minimum Gasteiger partial charge on any atom is -0.406 e. The first kappa shape index (κ1) is 25.4. The number of carbonyl (C=O) groups excluding carboxylic acids is 1. The molecule has 37 heavy (non-hydrogen) atoms. The molecule has 5 rings (SSSR count). The number of likely N-dealkylation sites (tertiary alicyclic amines) is 1. The lowest BCUT2D eigenvalue weighted by atomic mass is 9.83. The fourth-order valence-corrected chi connectivity index (χ4v) is 5.18. The normalized spacial score (nSPS) is 20.6. The zero-order valence-electron chi connectivity index (χ0n) is 19.9. The molecular weight excluding hydrogens is 509 g/mol. The zero-order chi connectivity index (χ0) is 26.0. The van der Waals surface area contributed by atoms with Crippen LogP contribution in [-0.2, 0) is 4.74 Å². The number of hydrogen-bond donors (Lipinski definition) is 0. The molecule has 2 aromatic carbocycles. The second-order valence-electron chi connectivity index (χ2n) is 9.19. The molecule has 2 aliphatic rings. The van der Waals surface area contributed by atoms with Gasteiger partial charge in [0, 0.05) is 44.2 Å². The molecule has 0 aliphatic carbocycles. The van der Waals surface area contributed by atoms with Gasteiger partial charge in [-0.1, -0.05) is 35.9 Å². The van der Waals surface area contributed by atoms with E-state index in [0.717, 1.165) is 16.9 Å². The first-order valence-electron chi connectivity index (χ1n) is 12.0. The van der Waals surface area contributed by atoms with Crippen molar-refractivity contribution < 1.29 is 27.4 Å². The SMILES string of the molecule is O=C(N1CCOCC1)N1CC(c2ccc(OC(F)(F)F)cc2)CC(c2cn(-c3ccccc3Cl)cn2)C1. The van der Waals surface area contributed by atoms with E-state index in [9.17, 15) is 18.0 Å². The van der Waals surface area contributed by atoms with Crippen LogP contribution in [0.25, 0.3) is 5.69 Å². The van der Waals surface area contributed by atoms with Crippen molar-refractivity contribution in [3.8, 4) is 11.4 Å². The number of benzene rings is 2. The van der Waals surface area contributed by atoms with Crippen LogP contribution in [0.5, 0.6) is 5.75 Å². The topological polar surface area (TPSA) is 59.8 Å². The van der Waals surface area contributed by atoms with Crippen molar-refractivity contribution in [2.75, 3.05) is 39.4 Å². The largest absolute Gasteiger partial charge is 0.573 e. The smallest absolute Gasteiger partial charge is 0.406 e. The van der Waals surface area contributed by atoms with E-state index in [1.807, 2.05) is 39.9 Å². The lowest BCUT2D eigenvalue weighted by Gasteiger charge is -2.40. The van der Waals surface area contributed by atoms with E-state index < -0.39 is 6.36 Å². The van der Waals surface area contributed by atoms with Gasteiger partial charge in [-0.25, -0.2) is 9.78 Å². The number of aromatic nitrogens is 2. The van der Waals surface area contributed by atoms with Crippen molar-refractivity contribution >= 4 is 17.6 Å². The van der Waals surface area contributed by atoms with Crippen molar-refractivity contribution in [2.45, 2.75) is 24.6 Å². The van der Waals surface area contributed by atoms with Crippen LogP contribution in [0.4, 0.5) is 18.0 Å². The molecule has 2 atom stereocenters. The summed E-state index contributed by atoms with van der Waals surface area (Å²) in [6.07, 6.45) is -0.436. The molecule has 2 saturated heterocycles. The predicted molar refractivity (Wildman–Crippen MR) is 131 cm³/mol. The van der Waals surface area contributed by atoms with Gasteiger partial charge in [0.05, 0.1) is 35.9 Å². The predicted octanol–water partition coefficient (Wildman–Crippen LogP) is 5.45. The molecule has 1 aromatic heterocycles. The van der Waals surface area contributed by atoms with Gasteiger partial charge in [-0.3, -0.25) is 0 Å². The van der Waals surface area contributed by atoms with Crippen molar-refractivity contribution in [3.05, 3.63) is 77.3 Å². The number of halogens is 4. The number of nitrogens with zero attached hydrogens (tertiary/aromatic N) is 4. The summed E-state index contributed by atoms with van der Waals surface area (Å²) in [6, 6.07) is 13.3. The van der Waals surface area contributed by atoms with Crippen LogP contribution in [0.15, 0.2) is 61.1 Å². The summed E-state index contributed by atoms with van der Waals surface area (Å²) >= 11 is 6.36. The summed E-state index contributed by atoms with van der Waals surface area (Å²) in [7, 11) is 0. The highest BCUT2D eigenvalue weighted by molar-refractivity contribution is 6.32. The van der Waals surface area contributed by atoms with Gasteiger partial charge >= 0.3 is 12.4 Å². The highest BCUT2D eigenvalue weighted by Gasteiger charge is 2.35. The van der Waals surface area contributed by atoms with Crippen LogP contribution in [0.2, 0.25) is 5.02 Å². The minimum atomic E-state index is -4.75. The molecule has 11 heteroatoms. The molecule has 2 fully saturated rings. The van der Waals surface area contributed by atoms with Crippen LogP contribution < -0.4 is 4.74 Å². The average molecular weight is 535 g/mol. The molecule has 196 valence electrons. The number of carbonyl (C=O) groups is 1. The van der Waals surface area contributed by atoms with E-state index in [4.69, 9.17) is 16.3 Å². The third kappa shape index (κ3) is 6.02. The second-order valence-corrected chi connectivity index (χ2v) is 9.60. The van der Waals surface area contributed by atoms with Gasteiger partial charge in [-0.05, 0) is 36.2 Å². The summed E-state index contributed by atoms with van der Waals surface area (Å²) < 4.78 is 49.1. The standard InChI is InChI=1S/C26H26ClF3N4O3/c27-22-3-1-2-4-24(22)34-16-23(31-17-34)20-13-19(18-5-7-21(8-6-18)37-26(28,29)30)14-33(15-20)25(35)32-9-11-36-12-10-32/h1-8,16-17,19-20H,9-15H2. The number of rotatable bonds is 4. The van der Waals surface area contributed by atoms with Gasteiger partial charge in [0.2, 0.25) is 0 Å². The van der Waals surface area contributed by atoms with E-state index in [0.29, 0.717) is 50.8 Å². The number of ether oxygens (including phenoxy) is 2. The van der Waals surface area contributed by atoms with Gasteiger partial charge in [-0.15, -0.1) is 13.2 Å². The van der Waals surface area contributed by atoms with Crippen molar-refractivity contribution in [3.63, 3.8) is 0 Å². The molecule has 0 saturated carbocycles. The van der Waals surface area contributed by atoms with Crippen LogP contribution in [0.1, 0.15) is 29.5 Å². The van der Waals surface area contributed by atoms with E-state index in [2.05, 4.69) is 9.72 Å². The maximum atomic E-state index is 13.4. The highest BCUT2D eigenvalue weighted by atomic mass is 35.5. The third-order valence-electron chi connectivity index (χ3n) is 6.74. The summed E-state index contributed by atoms with van der Waals surface area (Å²) in [4.78, 5) is 21.6. The fourth-order valence-electron chi connectivity index (χ4n) is 4.95. The average Bonchev–Trinajstić information content (AvgIpc) is 3.38. The molecule has 0 N–H and O–H groups in total. The van der Waals surface area contributed by atoms with Crippen LogP contribution in [0.3, 0.4) is 0 Å². The van der Waals surface area contributed by atoms with E-state index >= 15 is 0 Å². The first-order chi connectivity index (χ1) is 17.8.